The highest BCUT2D eigenvalue weighted by Gasteiger charge is 2.15. The van der Waals surface area contributed by atoms with E-state index < -0.39 is 4.92 Å². The van der Waals surface area contributed by atoms with Crippen LogP contribution in [0, 0.1) is 10.1 Å². The summed E-state index contributed by atoms with van der Waals surface area (Å²) in [7, 11) is 0. The average molecular weight is 288 g/mol. The summed E-state index contributed by atoms with van der Waals surface area (Å²) in [6.45, 7) is 1.68. The van der Waals surface area contributed by atoms with Gasteiger partial charge in [0.05, 0.1) is 11.5 Å². The molecule has 0 aromatic heterocycles. The number of nitrogens with zero attached hydrogens (tertiary/aromatic N) is 1. The molecule has 1 rings (SSSR count). The predicted molar refractivity (Wildman–Crippen MR) is 61.6 cm³/mol. The third kappa shape index (κ3) is 3.30. The number of halogens is 1. The second kappa shape index (κ2) is 5.60. The molecule has 0 heterocycles. The third-order valence-electron chi connectivity index (χ3n) is 1.85. The standard InChI is InChI=1S/C10H10BrNO4/c1-7(13)5-6-16-9-4-2-3-8(10(9)11)12(14)15/h2-4H,5-6H2,1H3. The van der Waals surface area contributed by atoms with Gasteiger partial charge in [0, 0.05) is 12.5 Å². The summed E-state index contributed by atoms with van der Waals surface area (Å²) in [6.07, 6.45) is 0.287. The Balaban J connectivity index is 2.77. The lowest BCUT2D eigenvalue weighted by molar-refractivity contribution is -0.385. The van der Waals surface area contributed by atoms with Crippen molar-refractivity contribution in [3.63, 3.8) is 0 Å². The van der Waals surface area contributed by atoms with Gasteiger partial charge in [0.1, 0.15) is 16.0 Å². The number of nitro groups is 1. The minimum atomic E-state index is -0.498. The van der Waals surface area contributed by atoms with Crippen molar-refractivity contribution in [3.8, 4) is 5.75 Å². The molecule has 0 aliphatic heterocycles. The van der Waals surface area contributed by atoms with Crippen LogP contribution in [0.5, 0.6) is 5.75 Å². The zero-order chi connectivity index (χ0) is 12.1. The summed E-state index contributed by atoms with van der Waals surface area (Å²) >= 11 is 3.10. The highest BCUT2D eigenvalue weighted by molar-refractivity contribution is 9.10. The maximum absolute atomic E-state index is 10.7. The van der Waals surface area contributed by atoms with Crippen molar-refractivity contribution in [1.29, 1.82) is 0 Å². The lowest BCUT2D eigenvalue weighted by Gasteiger charge is -2.06. The van der Waals surface area contributed by atoms with Gasteiger partial charge in [-0.15, -0.1) is 0 Å². The van der Waals surface area contributed by atoms with E-state index in [-0.39, 0.29) is 24.5 Å². The zero-order valence-electron chi connectivity index (χ0n) is 8.60. The molecule has 0 aliphatic carbocycles. The topological polar surface area (TPSA) is 69.4 Å². The monoisotopic (exact) mass is 287 g/mol. The van der Waals surface area contributed by atoms with Gasteiger partial charge in [0.2, 0.25) is 0 Å². The molecule has 16 heavy (non-hydrogen) atoms. The van der Waals surface area contributed by atoms with Crippen LogP contribution in [-0.4, -0.2) is 17.3 Å². The van der Waals surface area contributed by atoms with Crippen molar-refractivity contribution < 1.29 is 14.5 Å². The van der Waals surface area contributed by atoms with Crippen molar-refractivity contribution in [3.05, 3.63) is 32.8 Å². The molecule has 0 fully saturated rings. The van der Waals surface area contributed by atoms with Crippen molar-refractivity contribution in [2.75, 3.05) is 6.61 Å². The van der Waals surface area contributed by atoms with Gasteiger partial charge in [0.25, 0.3) is 5.69 Å². The van der Waals surface area contributed by atoms with Crippen molar-refractivity contribution in [1.82, 2.24) is 0 Å². The summed E-state index contributed by atoms with van der Waals surface area (Å²) in [5, 5.41) is 10.6. The van der Waals surface area contributed by atoms with Gasteiger partial charge in [0.15, 0.2) is 0 Å². The number of hydrogen-bond acceptors (Lipinski definition) is 4. The normalized spacial score (nSPS) is 9.88. The maximum Gasteiger partial charge on any atom is 0.287 e. The van der Waals surface area contributed by atoms with Gasteiger partial charge in [-0.3, -0.25) is 14.9 Å². The van der Waals surface area contributed by atoms with Crippen LogP contribution < -0.4 is 4.74 Å². The minimum Gasteiger partial charge on any atom is -0.492 e. The number of ketones is 1. The van der Waals surface area contributed by atoms with Crippen LogP contribution in [0.25, 0.3) is 0 Å². The number of nitro benzene ring substituents is 1. The SMILES string of the molecule is CC(=O)CCOc1cccc([N+](=O)[O-])c1Br. The Kier molecular flexibility index (Phi) is 4.42. The lowest BCUT2D eigenvalue weighted by Crippen LogP contribution is -2.03. The summed E-state index contributed by atoms with van der Waals surface area (Å²) in [5.74, 6) is 0.386. The zero-order valence-corrected chi connectivity index (χ0v) is 10.2. The number of Topliss-reactive ketones (excluding diaryl/α,β-unsaturated/α-hetero) is 1. The number of rotatable bonds is 5. The molecule has 5 nitrogen and oxygen atoms in total. The Labute approximate surface area is 101 Å². The average Bonchev–Trinajstić information content (AvgIpc) is 2.19. The Morgan fingerprint density at radius 3 is 2.81 bits per heavy atom. The number of carbonyl (C=O) groups is 1. The maximum atomic E-state index is 10.7. The van der Waals surface area contributed by atoms with E-state index in [4.69, 9.17) is 4.74 Å². The Morgan fingerprint density at radius 2 is 2.25 bits per heavy atom. The first kappa shape index (κ1) is 12.6. The summed E-state index contributed by atoms with van der Waals surface area (Å²) in [5.41, 5.74) is -0.0553. The molecule has 0 amide bonds. The van der Waals surface area contributed by atoms with E-state index in [1.54, 1.807) is 6.07 Å². The van der Waals surface area contributed by atoms with E-state index in [1.165, 1.54) is 19.1 Å². The van der Waals surface area contributed by atoms with Gasteiger partial charge < -0.3 is 4.74 Å². The van der Waals surface area contributed by atoms with Crippen molar-refractivity contribution in [2.24, 2.45) is 0 Å². The fraction of sp³-hybridized carbons (Fsp3) is 0.300. The van der Waals surface area contributed by atoms with Crippen LogP contribution in [0.4, 0.5) is 5.69 Å². The molecular formula is C10H10BrNO4. The number of hydrogen-bond donors (Lipinski definition) is 0. The van der Waals surface area contributed by atoms with Crippen LogP contribution in [0.15, 0.2) is 22.7 Å². The van der Waals surface area contributed by atoms with Gasteiger partial charge in [-0.05, 0) is 28.9 Å². The van der Waals surface area contributed by atoms with E-state index >= 15 is 0 Å². The molecule has 0 bridgehead atoms. The summed E-state index contributed by atoms with van der Waals surface area (Å²) < 4.78 is 5.56. The molecule has 0 N–H and O–H groups in total. The Bertz CT molecular complexity index is 419. The van der Waals surface area contributed by atoms with Crippen molar-refractivity contribution >= 4 is 27.4 Å². The fourth-order valence-electron chi connectivity index (χ4n) is 1.06. The van der Waals surface area contributed by atoms with Crippen LogP contribution in [-0.2, 0) is 4.79 Å². The van der Waals surface area contributed by atoms with E-state index in [0.717, 1.165) is 0 Å². The Morgan fingerprint density at radius 1 is 1.56 bits per heavy atom. The minimum absolute atomic E-state index is 0.0153. The molecule has 1 aromatic carbocycles. The van der Waals surface area contributed by atoms with E-state index in [1.807, 2.05) is 0 Å². The quantitative estimate of drug-likeness (QED) is 0.617. The van der Waals surface area contributed by atoms with Crippen LogP contribution in [0.3, 0.4) is 0 Å². The molecule has 0 unspecified atom stereocenters. The largest absolute Gasteiger partial charge is 0.492 e. The highest BCUT2D eigenvalue weighted by Crippen LogP contribution is 2.33. The van der Waals surface area contributed by atoms with Crippen LogP contribution in [0.2, 0.25) is 0 Å². The van der Waals surface area contributed by atoms with E-state index in [0.29, 0.717) is 10.2 Å². The van der Waals surface area contributed by atoms with Gasteiger partial charge >= 0.3 is 0 Å². The first-order valence-corrected chi connectivity index (χ1v) is 5.37. The molecule has 0 aliphatic rings. The van der Waals surface area contributed by atoms with E-state index in [2.05, 4.69) is 15.9 Å². The van der Waals surface area contributed by atoms with Crippen molar-refractivity contribution in [2.45, 2.75) is 13.3 Å². The highest BCUT2D eigenvalue weighted by atomic mass is 79.9. The smallest absolute Gasteiger partial charge is 0.287 e. The summed E-state index contributed by atoms with van der Waals surface area (Å²) in [4.78, 5) is 20.8. The molecule has 0 saturated carbocycles. The van der Waals surface area contributed by atoms with Crippen LogP contribution >= 0.6 is 15.9 Å². The third-order valence-corrected chi connectivity index (χ3v) is 2.65. The molecule has 6 heteroatoms. The molecule has 86 valence electrons. The first-order chi connectivity index (χ1) is 7.52. The predicted octanol–water partition coefficient (Wildman–Crippen LogP) is 2.72. The Hall–Kier alpha value is -1.43. The summed E-state index contributed by atoms with van der Waals surface area (Å²) in [6, 6.07) is 4.52. The van der Waals surface area contributed by atoms with Crippen LogP contribution in [0.1, 0.15) is 13.3 Å². The molecule has 1 aromatic rings. The van der Waals surface area contributed by atoms with Gasteiger partial charge in [-0.2, -0.15) is 0 Å². The number of carbonyl (C=O) groups excluding carboxylic acids is 1. The fourth-order valence-corrected chi connectivity index (χ4v) is 1.58. The van der Waals surface area contributed by atoms with Gasteiger partial charge in [-0.25, -0.2) is 0 Å². The molecule has 0 atom stereocenters. The number of benzene rings is 1. The van der Waals surface area contributed by atoms with Gasteiger partial charge in [-0.1, -0.05) is 6.07 Å². The number of ether oxygens (including phenoxy) is 1. The molecule has 0 radical (unpaired) electrons. The lowest BCUT2D eigenvalue weighted by atomic mass is 10.3. The van der Waals surface area contributed by atoms with E-state index in [9.17, 15) is 14.9 Å². The first-order valence-electron chi connectivity index (χ1n) is 4.57. The second-order valence-electron chi connectivity index (χ2n) is 3.15. The molecule has 0 spiro atoms. The second-order valence-corrected chi connectivity index (χ2v) is 3.94. The molecular weight excluding hydrogens is 278 g/mol. The molecule has 0 saturated heterocycles.